The third kappa shape index (κ3) is 5.14. The Balaban J connectivity index is 2.31. The lowest BCUT2D eigenvalue weighted by Crippen LogP contribution is -2.45. The lowest BCUT2D eigenvalue weighted by Gasteiger charge is -2.31. The van der Waals surface area contributed by atoms with Crippen molar-refractivity contribution in [2.75, 3.05) is 12.4 Å². The molecule has 138 valence electrons. The van der Waals surface area contributed by atoms with Gasteiger partial charge >= 0.3 is 5.97 Å². The molecule has 0 aromatic heterocycles. The zero-order valence-electron chi connectivity index (χ0n) is 15.3. The van der Waals surface area contributed by atoms with Gasteiger partial charge in [-0.15, -0.1) is 11.8 Å². The number of amides is 1. The molecule has 0 bridgehead atoms. The predicted molar refractivity (Wildman–Crippen MR) is 103 cm³/mol. The number of carbonyl (C=O) groups is 2. The minimum atomic E-state index is -0.562. The highest BCUT2D eigenvalue weighted by Crippen LogP contribution is 2.45. The number of hydrogen-bond donors (Lipinski definition) is 0. The van der Waals surface area contributed by atoms with Gasteiger partial charge in [0.2, 0.25) is 5.91 Å². The Morgan fingerprint density at radius 3 is 2.60 bits per heavy atom. The number of halogens is 1. The summed E-state index contributed by atoms with van der Waals surface area (Å²) in [5.41, 5.74) is 0.704. The number of hydrogen-bond acceptors (Lipinski definition) is 4. The highest BCUT2D eigenvalue weighted by molar-refractivity contribution is 7.99. The van der Waals surface area contributed by atoms with E-state index in [1.54, 1.807) is 16.7 Å². The van der Waals surface area contributed by atoms with Gasteiger partial charge in [0.15, 0.2) is 0 Å². The van der Waals surface area contributed by atoms with Crippen molar-refractivity contribution >= 4 is 35.2 Å². The van der Waals surface area contributed by atoms with Gasteiger partial charge in [0.25, 0.3) is 0 Å². The molecule has 25 heavy (non-hydrogen) atoms. The summed E-state index contributed by atoms with van der Waals surface area (Å²) in [5.74, 6) is 0.154. The Kier molecular flexibility index (Phi) is 6.80. The minimum Gasteiger partial charge on any atom is -0.464 e. The van der Waals surface area contributed by atoms with E-state index >= 15 is 0 Å². The number of benzene rings is 1. The van der Waals surface area contributed by atoms with Gasteiger partial charge in [-0.2, -0.15) is 0 Å². The van der Waals surface area contributed by atoms with E-state index in [1.807, 2.05) is 52.0 Å². The second kappa shape index (κ2) is 8.45. The highest BCUT2D eigenvalue weighted by atomic mass is 35.5. The second-order valence-electron chi connectivity index (χ2n) is 7.43. The van der Waals surface area contributed by atoms with E-state index in [2.05, 4.69) is 0 Å². The van der Waals surface area contributed by atoms with Gasteiger partial charge in [-0.05, 0) is 17.9 Å². The van der Waals surface area contributed by atoms with Crippen LogP contribution in [0.15, 0.2) is 24.3 Å². The van der Waals surface area contributed by atoms with E-state index < -0.39 is 6.04 Å². The molecular formula is C19H26ClNO3S. The molecule has 1 aromatic rings. The van der Waals surface area contributed by atoms with Crippen molar-refractivity contribution in [1.29, 1.82) is 0 Å². The number of ether oxygens (including phenoxy) is 1. The van der Waals surface area contributed by atoms with Crippen molar-refractivity contribution in [2.24, 2.45) is 5.41 Å². The molecule has 0 spiro atoms. The molecule has 1 aliphatic heterocycles. The zero-order chi connectivity index (χ0) is 18.6. The van der Waals surface area contributed by atoms with Crippen LogP contribution in [0.3, 0.4) is 0 Å². The molecule has 6 heteroatoms. The summed E-state index contributed by atoms with van der Waals surface area (Å²) in [7, 11) is 0. The first-order valence-electron chi connectivity index (χ1n) is 8.58. The normalized spacial score (nSPS) is 20.6. The lowest BCUT2D eigenvalue weighted by molar-refractivity contribution is -0.154. The summed E-state index contributed by atoms with van der Waals surface area (Å²) in [6.45, 7) is 8.37. The maximum Gasteiger partial charge on any atom is 0.329 e. The van der Waals surface area contributed by atoms with Crippen molar-refractivity contribution in [3.63, 3.8) is 0 Å². The van der Waals surface area contributed by atoms with Crippen molar-refractivity contribution in [1.82, 2.24) is 4.90 Å². The molecule has 0 N–H and O–H groups in total. The van der Waals surface area contributed by atoms with E-state index in [0.717, 1.165) is 12.0 Å². The zero-order valence-corrected chi connectivity index (χ0v) is 16.8. The molecule has 1 saturated heterocycles. The Hall–Kier alpha value is -1.20. The van der Waals surface area contributed by atoms with Crippen LogP contribution in [0.4, 0.5) is 0 Å². The van der Waals surface area contributed by atoms with Crippen LogP contribution in [-0.4, -0.2) is 35.2 Å². The number of esters is 1. The molecule has 0 saturated carbocycles. The van der Waals surface area contributed by atoms with E-state index in [9.17, 15) is 9.59 Å². The highest BCUT2D eigenvalue weighted by Gasteiger charge is 2.44. The summed E-state index contributed by atoms with van der Waals surface area (Å²) in [5, 5.41) is 0.346. The van der Waals surface area contributed by atoms with Gasteiger partial charge in [-0.3, -0.25) is 4.79 Å². The molecule has 2 atom stereocenters. The Morgan fingerprint density at radius 2 is 2.00 bits per heavy atom. The Bertz CT molecular complexity index is 629. The quantitative estimate of drug-likeness (QED) is 0.693. The standard InChI is InChI=1S/C19H26ClNO3S/c1-5-10-24-18(23)15-12-25-17(13-8-6-7-9-14(13)20)21(15)16(22)11-19(2,3)4/h6-9,15,17H,5,10-12H2,1-4H3. The van der Waals surface area contributed by atoms with Gasteiger partial charge < -0.3 is 9.64 Å². The molecule has 1 heterocycles. The maximum absolute atomic E-state index is 13.0. The number of carbonyl (C=O) groups excluding carboxylic acids is 2. The number of thioether (sulfide) groups is 1. The van der Waals surface area contributed by atoms with Crippen LogP contribution in [0.25, 0.3) is 0 Å². The monoisotopic (exact) mass is 383 g/mol. The summed E-state index contributed by atoms with van der Waals surface area (Å²) in [4.78, 5) is 27.2. The lowest BCUT2D eigenvalue weighted by atomic mass is 9.91. The van der Waals surface area contributed by atoms with Gasteiger partial charge in [0, 0.05) is 22.8 Å². The van der Waals surface area contributed by atoms with Crippen LogP contribution < -0.4 is 0 Å². The van der Waals surface area contributed by atoms with E-state index in [0.29, 0.717) is 23.8 Å². The van der Waals surface area contributed by atoms with Crippen molar-refractivity contribution in [3.8, 4) is 0 Å². The molecule has 1 amide bonds. The molecule has 4 nitrogen and oxygen atoms in total. The fourth-order valence-electron chi connectivity index (χ4n) is 2.75. The van der Waals surface area contributed by atoms with Gasteiger partial charge in [0.1, 0.15) is 11.4 Å². The van der Waals surface area contributed by atoms with Crippen molar-refractivity contribution < 1.29 is 14.3 Å². The van der Waals surface area contributed by atoms with Crippen LogP contribution in [0.1, 0.15) is 51.5 Å². The average molecular weight is 384 g/mol. The first kappa shape index (κ1) is 20.1. The molecular weight excluding hydrogens is 358 g/mol. The number of rotatable bonds is 5. The topological polar surface area (TPSA) is 46.6 Å². The Morgan fingerprint density at radius 1 is 1.32 bits per heavy atom. The van der Waals surface area contributed by atoms with Gasteiger partial charge in [0.05, 0.1) is 6.61 Å². The molecule has 1 fully saturated rings. The molecule has 1 aliphatic rings. The largest absolute Gasteiger partial charge is 0.464 e. The SMILES string of the molecule is CCCOC(=O)C1CSC(c2ccccc2Cl)N1C(=O)CC(C)(C)C. The smallest absolute Gasteiger partial charge is 0.329 e. The molecule has 2 rings (SSSR count). The maximum atomic E-state index is 13.0. The third-order valence-electron chi connectivity index (χ3n) is 3.86. The first-order chi connectivity index (χ1) is 11.7. The van der Waals surface area contributed by atoms with Crippen LogP contribution >= 0.6 is 23.4 Å². The van der Waals surface area contributed by atoms with Crippen LogP contribution in [0.2, 0.25) is 5.02 Å². The average Bonchev–Trinajstić information content (AvgIpc) is 2.96. The summed E-state index contributed by atoms with van der Waals surface area (Å²) in [6, 6.07) is 6.92. The second-order valence-corrected chi connectivity index (χ2v) is 8.95. The predicted octanol–water partition coefficient (Wildman–Crippen LogP) is 4.67. The van der Waals surface area contributed by atoms with Crippen molar-refractivity contribution in [3.05, 3.63) is 34.9 Å². The van der Waals surface area contributed by atoms with Crippen LogP contribution in [0, 0.1) is 5.41 Å². The third-order valence-corrected chi connectivity index (χ3v) is 5.51. The van der Waals surface area contributed by atoms with Crippen LogP contribution in [0.5, 0.6) is 0 Å². The van der Waals surface area contributed by atoms with Gasteiger partial charge in [-0.1, -0.05) is 57.5 Å². The Labute approximate surface area is 159 Å². The molecule has 1 aromatic carbocycles. The first-order valence-corrected chi connectivity index (χ1v) is 10.0. The molecule has 0 radical (unpaired) electrons. The molecule has 2 unspecified atom stereocenters. The van der Waals surface area contributed by atoms with E-state index in [4.69, 9.17) is 16.3 Å². The fraction of sp³-hybridized carbons (Fsp3) is 0.579. The number of nitrogens with zero attached hydrogens (tertiary/aromatic N) is 1. The minimum absolute atomic E-state index is 0.0409. The summed E-state index contributed by atoms with van der Waals surface area (Å²) in [6.07, 6.45) is 1.13. The van der Waals surface area contributed by atoms with Gasteiger partial charge in [-0.25, -0.2) is 4.79 Å². The fourth-order valence-corrected chi connectivity index (χ4v) is 4.53. The van der Waals surface area contributed by atoms with E-state index in [-0.39, 0.29) is 22.7 Å². The van der Waals surface area contributed by atoms with Crippen LogP contribution in [-0.2, 0) is 14.3 Å². The van der Waals surface area contributed by atoms with Crippen molar-refractivity contribution in [2.45, 2.75) is 52.0 Å². The molecule has 0 aliphatic carbocycles. The summed E-state index contributed by atoms with van der Waals surface area (Å²) < 4.78 is 5.32. The summed E-state index contributed by atoms with van der Waals surface area (Å²) >= 11 is 7.91. The van der Waals surface area contributed by atoms with E-state index in [1.165, 1.54) is 0 Å².